The van der Waals surface area contributed by atoms with Crippen molar-refractivity contribution in [3.05, 3.63) is 35.9 Å². The normalized spacial score (nSPS) is 27.0. The second-order valence-electron chi connectivity index (χ2n) is 5.93. The first-order valence-corrected chi connectivity index (χ1v) is 7.69. The minimum atomic E-state index is 0. The van der Waals surface area contributed by atoms with E-state index in [2.05, 4.69) is 4.90 Å². The van der Waals surface area contributed by atoms with E-state index in [9.17, 15) is 4.79 Å². The quantitative estimate of drug-likeness (QED) is 0.787. The van der Waals surface area contributed by atoms with Gasteiger partial charge in [-0.3, -0.25) is 9.69 Å². The van der Waals surface area contributed by atoms with Gasteiger partial charge in [-0.25, -0.2) is 0 Å². The summed E-state index contributed by atoms with van der Waals surface area (Å²) in [6.45, 7) is 2.40. The number of hydrogen-bond donors (Lipinski definition) is 0. The molecule has 0 radical (unpaired) electrons. The number of carbonyl (C=O) groups excluding carboxylic acids is 1. The van der Waals surface area contributed by atoms with Gasteiger partial charge in [0.2, 0.25) is 0 Å². The third kappa shape index (κ3) is 3.24. The van der Waals surface area contributed by atoms with Crippen molar-refractivity contribution in [1.29, 1.82) is 0 Å². The summed E-state index contributed by atoms with van der Waals surface area (Å²) in [6.07, 6.45) is 7.41. The summed E-state index contributed by atoms with van der Waals surface area (Å²) < 4.78 is 0. The maximum absolute atomic E-state index is 12.7. The molecule has 1 aromatic carbocycles. The van der Waals surface area contributed by atoms with E-state index in [-0.39, 0.29) is 18.3 Å². The Hall–Kier alpha value is -0.860. The molecule has 20 heavy (non-hydrogen) atoms. The largest absolute Gasteiger partial charge is 0.300 e. The molecular weight excluding hydrogens is 270 g/mol. The molecule has 0 aromatic heterocycles. The molecule has 110 valence electrons. The first kappa shape index (κ1) is 15.5. The van der Waals surface area contributed by atoms with Crippen LogP contribution in [0.4, 0.5) is 0 Å². The van der Waals surface area contributed by atoms with Gasteiger partial charge in [0.05, 0.1) is 0 Å². The van der Waals surface area contributed by atoms with Crippen LogP contribution < -0.4 is 0 Å². The van der Waals surface area contributed by atoms with Gasteiger partial charge >= 0.3 is 0 Å². The van der Waals surface area contributed by atoms with E-state index in [0.29, 0.717) is 11.8 Å². The van der Waals surface area contributed by atoms with Gasteiger partial charge in [-0.1, -0.05) is 43.2 Å². The molecule has 1 aliphatic heterocycles. The van der Waals surface area contributed by atoms with E-state index in [1.165, 1.54) is 45.2 Å². The van der Waals surface area contributed by atoms with Crippen LogP contribution in [0.3, 0.4) is 0 Å². The Kier molecular flexibility index (Phi) is 5.62. The Bertz CT molecular complexity index is 428. The average molecular weight is 294 g/mol. The number of ketones is 1. The SMILES string of the molecule is Cl.O=C(c1ccccc1)C1CCCCC1N1CCCC1. The van der Waals surface area contributed by atoms with Gasteiger partial charge < -0.3 is 0 Å². The summed E-state index contributed by atoms with van der Waals surface area (Å²) in [5, 5.41) is 0. The summed E-state index contributed by atoms with van der Waals surface area (Å²) in [4.78, 5) is 15.3. The van der Waals surface area contributed by atoms with Crippen molar-refractivity contribution in [2.75, 3.05) is 13.1 Å². The monoisotopic (exact) mass is 293 g/mol. The Morgan fingerprint density at radius 2 is 1.60 bits per heavy atom. The van der Waals surface area contributed by atoms with E-state index in [1.54, 1.807) is 0 Å². The average Bonchev–Trinajstić information content (AvgIpc) is 3.01. The van der Waals surface area contributed by atoms with E-state index in [1.807, 2.05) is 30.3 Å². The number of hydrogen-bond acceptors (Lipinski definition) is 2. The van der Waals surface area contributed by atoms with E-state index >= 15 is 0 Å². The summed E-state index contributed by atoms with van der Waals surface area (Å²) >= 11 is 0. The molecular formula is C17H24ClNO. The highest BCUT2D eigenvalue weighted by atomic mass is 35.5. The van der Waals surface area contributed by atoms with Crippen LogP contribution >= 0.6 is 12.4 Å². The smallest absolute Gasteiger partial charge is 0.167 e. The molecule has 2 aliphatic rings. The maximum atomic E-state index is 12.7. The predicted molar refractivity (Wildman–Crippen MR) is 84.6 cm³/mol. The third-order valence-electron chi connectivity index (χ3n) is 4.73. The molecule has 2 atom stereocenters. The second-order valence-corrected chi connectivity index (χ2v) is 5.93. The second kappa shape index (κ2) is 7.24. The van der Waals surface area contributed by atoms with E-state index < -0.39 is 0 Å². The Morgan fingerprint density at radius 3 is 2.30 bits per heavy atom. The molecule has 2 nitrogen and oxygen atoms in total. The lowest BCUT2D eigenvalue weighted by Crippen LogP contribution is -2.44. The lowest BCUT2D eigenvalue weighted by molar-refractivity contribution is 0.0723. The Labute approximate surface area is 128 Å². The molecule has 0 bridgehead atoms. The zero-order valence-electron chi connectivity index (χ0n) is 12.0. The molecule has 0 spiro atoms. The van der Waals surface area contributed by atoms with Crippen LogP contribution in [-0.4, -0.2) is 29.8 Å². The molecule has 3 heteroatoms. The third-order valence-corrected chi connectivity index (χ3v) is 4.73. The van der Waals surface area contributed by atoms with Crippen LogP contribution in [0.15, 0.2) is 30.3 Å². The van der Waals surface area contributed by atoms with Crippen molar-refractivity contribution >= 4 is 18.2 Å². The molecule has 1 heterocycles. The van der Waals surface area contributed by atoms with Crippen molar-refractivity contribution in [2.45, 2.75) is 44.6 Å². The Balaban J connectivity index is 0.00000147. The fourth-order valence-corrected chi connectivity index (χ4v) is 3.74. The molecule has 1 aromatic rings. The first-order chi connectivity index (χ1) is 9.36. The lowest BCUT2D eigenvalue weighted by Gasteiger charge is -2.37. The number of likely N-dealkylation sites (tertiary alicyclic amines) is 1. The maximum Gasteiger partial charge on any atom is 0.167 e. The van der Waals surface area contributed by atoms with Gasteiger partial charge in [0.1, 0.15) is 0 Å². The van der Waals surface area contributed by atoms with Gasteiger partial charge in [0, 0.05) is 17.5 Å². The highest BCUT2D eigenvalue weighted by Crippen LogP contribution is 2.32. The molecule has 2 fully saturated rings. The molecule has 1 saturated carbocycles. The van der Waals surface area contributed by atoms with Gasteiger partial charge in [-0.2, -0.15) is 0 Å². The molecule has 0 amide bonds. The minimum absolute atomic E-state index is 0. The zero-order valence-corrected chi connectivity index (χ0v) is 12.8. The van der Waals surface area contributed by atoms with Crippen LogP contribution in [0.5, 0.6) is 0 Å². The number of rotatable bonds is 3. The minimum Gasteiger partial charge on any atom is -0.300 e. The van der Waals surface area contributed by atoms with Crippen LogP contribution in [0.1, 0.15) is 48.9 Å². The highest BCUT2D eigenvalue weighted by molar-refractivity contribution is 5.98. The van der Waals surface area contributed by atoms with Crippen molar-refractivity contribution in [1.82, 2.24) is 4.90 Å². The molecule has 0 N–H and O–H groups in total. The molecule has 1 aliphatic carbocycles. The zero-order chi connectivity index (χ0) is 13.1. The van der Waals surface area contributed by atoms with E-state index in [4.69, 9.17) is 0 Å². The fourth-order valence-electron chi connectivity index (χ4n) is 3.74. The summed E-state index contributed by atoms with van der Waals surface area (Å²) in [7, 11) is 0. The van der Waals surface area contributed by atoms with Crippen LogP contribution in [0.25, 0.3) is 0 Å². The molecule has 1 saturated heterocycles. The van der Waals surface area contributed by atoms with Gasteiger partial charge in [0.25, 0.3) is 0 Å². The van der Waals surface area contributed by atoms with Crippen molar-refractivity contribution in [3.63, 3.8) is 0 Å². The number of halogens is 1. The number of carbonyl (C=O) groups is 1. The number of benzene rings is 1. The predicted octanol–water partition coefficient (Wildman–Crippen LogP) is 3.95. The summed E-state index contributed by atoms with van der Waals surface area (Å²) in [6, 6.07) is 10.4. The van der Waals surface area contributed by atoms with Crippen molar-refractivity contribution < 1.29 is 4.79 Å². The van der Waals surface area contributed by atoms with Crippen LogP contribution in [0, 0.1) is 5.92 Å². The summed E-state index contributed by atoms with van der Waals surface area (Å²) in [5.41, 5.74) is 0.901. The fraction of sp³-hybridized carbons (Fsp3) is 0.588. The van der Waals surface area contributed by atoms with E-state index in [0.717, 1.165) is 12.0 Å². The van der Waals surface area contributed by atoms with Crippen LogP contribution in [-0.2, 0) is 0 Å². The topological polar surface area (TPSA) is 20.3 Å². The molecule has 3 rings (SSSR count). The number of nitrogens with zero attached hydrogens (tertiary/aromatic N) is 1. The number of Topliss-reactive ketones (excluding diaryl/α,β-unsaturated/α-hetero) is 1. The Morgan fingerprint density at radius 1 is 0.950 bits per heavy atom. The standard InChI is InChI=1S/C17H23NO.ClH/c19-17(14-8-2-1-3-9-14)15-10-4-5-11-16(15)18-12-6-7-13-18;/h1-3,8-9,15-16H,4-7,10-13H2;1H. The lowest BCUT2D eigenvalue weighted by atomic mass is 9.79. The van der Waals surface area contributed by atoms with Gasteiger partial charge in [0.15, 0.2) is 5.78 Å². The summed E-state index contributed by atoms with van der Waals surface area (Å²) in [5.74, 6) is 0.603. The van der Waals surface area contributed by atoms with Crippen LogP contribution in [0.2, 0.25) is 0 Å². The van der Waals surface area contributed by atoms with Gasteiger partial charge in [-0.05, 0) is 38.8 Å². The first-order valence-electron chi connectivity index (χ1n) is 7.69. The van der Waals surface area contributed by atoms with Crippen molar-refractivity contribution in [2.24, 2.45) is 5.92 Å². The highest BCUT2D eigenvalue weighted by Gasteiger charge is 2.35. The molecule has 2 unspecified atom stereocenters. The van der Waals surface area contributed by atoms with Gasteiger partial charge in [-0.15, -0.1) is 12.4 Å². The van der Waals surface area contributed by atoms with Crippen molar-refractivity contribution in [3.8, 4) is 0 Å².